The van der Waals surface area contributed by atoms with Crippen LogP contribution in [0.4, 0.5) is 0 Å². The molecule has 10 heteroatoms. The fourth-order valence-corrected chi connectivity index (χ4v) is 3.13. The molecule has 0 radical (unpaired) electrons. The van der Waals surface area contributed by atoms with Crippen molar-refractivity contribution in [3.63, 3.8) is 0 Å². The van der Waals surface area contributed by atoms with Gasteiger partial charge in [0.15, 0.2) is 14.9 Å². The Labute approximate surface area is 173 Å². The number of imidazole rings is 1. The number of aromatic nitrogens is 4. The van der Waals surface area contributed by atoms with E-state index < -0.39 is 17.2 Å². The maximum absolute atomic E-state index is 12.2. The highest BCUT2D eigenvalue weighted by Gasteiger charge is 2.17. The summed E-state index contributed by atoms with van der Waals surface area (Å²) in [7, 11) is 1.64. The van der Waals surface area contributed by atoms with E-state index in [0.29, 0.717) is 21.9 Å². The lowest BCUT2D eigenvalue weighted by Gasteiger charge is -2.04. The number of esters is 1. The molecule has 28 heavy (non-hydrogen) atoms. The normalized spacial score (nSPS) is 11.5. The SMILES string of the molecule is CCCCn1c(=O)[nH]c(=O)c2c1nc(COC(=O)/C=C/c1ccc(I)o1)n2C. The summed E-state index contributed by atoms with van der Waals surface area (Å²) in [5, 5.41) is 0. The van der Waals surface area contributed by atoms with E-state index in [1.165, 1.54) is 21.3 Å². The fourth-order valence-electron chi connectivity index (χ4n) is 2.70. The van der Waals surface area contributed by atoms with Crippen LogP contribution in [0.1, 0.15) is 31.4 Å². The Morgan fingerprint density at radius 1 is 1.39 bits per heavy atom. The zero-order valence-corrected chi connectivity index (χ0v) is 17.6. The number of nitrogens with zero attached hydrogens (tertiary/aromatic N) is 3. The van der Waals surface area contributed by atoms with Crippen molar-refractivity contribution in [1.82, 2.24) is 19.1 Å². The summed E-state index contributed by atoms with van der Waals surface area (Å²) >= 11 is 2.03. The monoisotopic (exact) mass is 498 g/mol. The topological polar surface area (TPSA) is 112 Å². The van der Waals surface area contributed by atoms with E-state index in [2.05, 4.69) is 9.97 Å². The van der Waals surface area contributed by atoms with Gasteiger partial charge in [-0.3, -0.25) is 14.3 Å². The standard InChI is InChI=1S/C18H19IN4O5/c1-3-4-9-23-16-15(17(25)21-18(23)26)22(2)13(20-16)10-27-14(24)8-6-11-5-7-12(19)28-11/h5-8H,3-4,9-10H2,1-2H3,(H,21,25,26)/b8-6+. The van der Waals surface area contributed by atoms with Crippen LogP contribution in [-0.4, -0.2) is 25.1 Å². The number of rotatable bonds is 7. The van der Waals surface area contributed by atoms with Crippen molar-refractivity contribution >= 4 is 45.8 Å². The van der Waals surface area contributed by atoms with Gasteiger partial charge in [-0.2, -0.15) is 0 Å². The largest absolute Gasteiger partial charge is 0.454 e. The number of aryl methyl sites for hydroxylation is 2. The average molecular weight is 498 g/mol. The van der Waals surface area contributed by atoms with Gasteiger partial charge in [0, 0.05) is 19.7 Å². The third-order valence-corrected chi connectivity index (χ3v) is 4.74. The van der Waals surface area contributed by atoms with Gasteiger partial charge >= 0.3 is 11.7 Å². The minimum Gasteiger partial charge on any atom is -0.454 e. The Bertz CT molecular complexity index is 1150. The van der Waals surface area contributed by atoms with Gasteiger partial charge in [0.2, 0.25) is 0 Å². The Morgan fingerprint density at radius 3 is 2.86 bits per heavy atom. The molecule has 0 aliphatic heterocycles. The second-order valence-electron chi connectivity index (χ2n) is 6.11. The molecular formula is C18H19IN4O5. The summed E-state index contributed by atoms with van der Waals surface area (Å²) in [5.41, 5.74) is -0.463. The number of carbonyl (C=O) groups excluding carboxylic acids is 1. The molecule has 0 unspecified atom stereocenters. The molecule has 0 fully saturated rings. The number of aromatic amines is 1. The van der Waals surface area contributed by atoms with Crippen LogP contribution in [0.25, 0.3) is 17.2 Å². The second-order valence-corrected chi connectivity index (χ2v) is 7.17. The molecule has 148 valence electrons. The molecule has 9 nitrogen and oxygen atoms in total. The van der Waals surface area contributed by atoms with Gasteiger partial charge in [0.05, 0.1) is 0 Å². The van der Waals surface area contributed by atoms with Crippen LogP contribution in [0.3, 0.4) is 0 Å². The van der Waals surface area contributed by atoms with Crippen molar-refractivity contribution in [1.29, 1.82) is 0 Å². The molecule has 0 atom stereocenters. The van der Waals surface area contributed by atoms with Crippen molar-refractivity contribution < 1.29 is 13.9 Å². The molecule has 3 aromatic rings. The number of fused-ring (bicyclic) bond motifs is 1. The second kappa shape index (κ2) is 8.59. The summed E-state index contributed by atoms with van der Waals surface area (Å²) in [5.74, 6) is 0.331. The van der Waals surface area contributed by atoms with Crippen LogP contribution in [0.2, 0.25) is 0 Å². The summed E-state index contributed by atoms with van der Waals surface area (Å²) < 4.78 is 14.2. The minimum absolute atomic E-state index is 0.133. The number of carbonyl (C=O) groups is 1. The van der Waals surface area contributed by atoms with Gasteiger partial charge in [-0.25, -0.2) is 14.6 Å². The zero-order chi connectivity index (χ0) is 20.3. The first-order valence-corrected chi connectivity index (χ1v) is 9.77. The number of nitrogens with one attached hydrogen (secondary N) is 1. The minimum atomic E-state index is -0.573. The van der Waals surface area contributed by atoms with Crippen molar-refractivity contribution in [2.45, 2.75) is 32.9 Å². The van der Waals surface area contributed by atoms with Crippen LogP contribution in [0, 0.1) is 3.77 Å². The molecule has 0 saturated heterocycles. The van der Waals surface area contributed by atoms with Gasteiger partial charge in [0.1, 0.15) is 18.2 Å². The number of hydrogen-bond donors (Lipinski definition) is 1. The zero-order valence-electron chi connectivity index (χ0n) is 15.4. The highest BCUT2D eigenvalue weighted by atomic mass is 127. The van der Waals surface area contributed by atoms with Crippen molar-refractivity contribution in [2.24, 2.45) is 7.05 Å². The van der Waals surface area contributed by atoms with Crippen LogP contribution in [0.5, 0.6) is 0 Å². The van der Waals surface area contributed by atoms with E-state index >= 15 is 0 Å². The van der Waals surface area contributed by atoms with E-state index in [4.69, 9.17) is 9.15 Å². The Hall–Kier alpha value is -2.63. The van der Waals surface area contributed by atoms with Gasteiger partial charge in [-0.15, -0.1) is 0 Å². The summed E-state index contributed by atoms with van der Waals surface area (Å²) in [4.78, 5) is 42.9. The molecule has 1 N–H and O–H groups in total. The Balaban J connectivity index is 1.81. The van der Waals surface area contributed by atoms with Crippen molar-refractivity contribution in [3.05, 3.63) is 54.4 Å². The van der Waals surface area contributed by atoms with E-state index in [9.17, 15) is 14.4 Å². The first-order valence-electron chi connectivity index (χ1n) is 8.69. The van der Waals surface area contributed by atoms with E-state index in [0.717, 1.165) is 12.8 Å². The third-order valence-electron chi connectivity index (χ3n) is 4.16. The molecule has 0 aliphatic rings. The smallest absolute Gasteiger partial charge is 0.331 e. The van der Waals surface area contributed by atoms with E-state index in [1.807, 2.05) is 29.5 Å². The first kappa shape index (κ1) is 20.1. The third kappa shape index (κ3) is 4.26. The Kier molecular flexibility index (Phi) is 6.17. The van der Waals surface area contributed by atoms with Gasteiger partial charge in [-0.05, 0) is 47.2 Å². The highest BCUT2D eigenvalue weighted by molar-refractivity contribution is 14.1. The molecule has 0 bridgehead atoms. The molecule has 0 saturated carbocycles. The molecule has 0 aliphatic carbocycles. The summed E-state index contributed by atoms with van der Waals surface area (Å²) in [6, 6.07) is 3.51. The quantitative estimate of drug-likeness (QED) is 0.304. The molecule has 3 heterocycles. The predicted molar refractivity (Wildman–Crippen MR) is 111 cm³/mol. The Morgan fingerprint density at radius 2 is 2.18 bits per heavy atom. The van der Waals surface area contributed by atoms with Gasteiger partial charge in [0.25, 0.3) is 5.56 Å². The molecule has 0 amide bonds. The number of ether oxygens (including phenoxy) is 1. The van der Waals surface area contributed by atoms with Gasteiger partial charge < -0.3 is 13.7 Å². The van der Waals surface area contributed by atoms with E-state index in [-0.39, 0.29) is 17.8 Å². The van der Waals surface area contributed by atoms with Crippen LogP contribution < -0.4 is 11.2 Å². The van der Waals surface area contributed by atoms with Crippen molar-refractivity contribution in [2.75, 3.05) is 0 Å². The molecule has 0 aromatic carbocycles. The maximum atomic E-state index is 12.2. The number of hydrogen-bond acceptors (Lipinski definition) is 6. The van der Waals surface area contributed by atoms with Crippen LogP contribution in [-0.2, 0) is 29.7 Å². The highest BCUT2D eigenvalue weighted by Crippen LogP contribution is 2.13. The molecule has 0 spiro atoms. The lowest BCUT2D eigenvalue weighted by Crippen LogP contribution is -2.31. The van der Waals surface area contributed by atoms with Crippen LogP contribution in [0.15, 0.2) is 32.2 Å². The molecule has 3 rings (SSSR count). The van der Waals surface area contributed by atoms with Crippen molar-refractivity contribution in [3.8, 4) is 0 Å². The number of halogens is 1. The average Bonchev–Trinajstić information content (AvgIpc) is 3.21. The lowest BCUT2D eigenvalue weighted by atomic mass is 10.3. The predicted octanol–water partition coefficient (Wildman–Crippen LogP) is 2.18. The summed E-state index contributed by atoms with van der Waals surface area (Å²) in [6.07, 6.45) is 4.43. The van der Waals surface area contributed by atoms with E-state index in [1.54, 1.807) is 19.2 Å². The number of furan rings is 1. The molecule has 3 aromatic heterocycles. The fraction of sp³-hybridized carbons (Fsp3) is 0.333. The van der Waals surface area contributed by atoms with Gasteiger partial charge in [-0.1, -0.05) is 13.3 Å². The number of H-pyrrole nitrogens is 1. The molecular weight excluding hydrogens is 479 g/mol. The lowest BCUT2D eigenvalue weighted by molar-refractivity contribution is -0.139. The summed E-state index contributed by atoms with van der Waals surface area (Å²) in [6.45, 7) is 2.32. The van der Waals surface area contributed by atoms with Crippen LogP contribution >= 0.6 is 22.6 Å². The maximum Gasteiger partial charge on any atom is 0.331 e. The number of unbranched alkanes of at least 4 members (excludes halogenated alkanes) is 1. The first-order chi connectivity index (χ1) is 13.4.